The summed E-state index contributed by atoms with van der Waals surface area (Å²) in [6.07, 6.45) is 6.27. The number of rotatable bonds is 7. The van der Waals surface area contributed by atoms with E-state index in [9.17, 15) is 4.79 Å². The van der Waals surface area contributed by atoms with Gasteiger partial charge in [0.1, 0.15) is 0 Å². The maximum Gasteiger partial charge on any atom is 0.226 e. The van der Waals surface area contributed by atoms with Gasteiger partial charge in [-0.3, -0.25) is 4.79 Å². The highest BCUT2D eigenvalue weighted by Crippen LogP contribution is 2.26. The molecule has 0 spiro atoms. The van der Waals surface area contributed by atoms with Crippen molar-refractivity contribution in [3.8, 4) is 5.69 Å². The van der Waals surface area contributed by atoms with Crippen LogP contribution in [0.1, 0.15) is 49.4 Å². The van der Waals surface area contributed by atoms with Crippen LogP contribution in [-0.2, 0) is 11.2 Å². The predicted octanol–water partition coefficient (Wildman–Crippen LogP) is 4.82. The van der Waals surface area contributed by atoms with Crippen molar-refractivity contribution < 1.29 is 4.79 Å². The molecule has 7 nitrogen and oxygen atoms in total. The van der Waals surface area contributed by atoms with Crippen LogP contribution < -0.4 is 10.2 Å². The van der Waals surface area contributed by atoms with Crippen LogP contribution in [0.15, 0.2) is 60.9 Å². The Morgan fingerprint density at radius 2 is 1.86 bits per heavy atom. The number of hydrogen-bond acceptors (Lipinski definition) is 5. The Hall–Kier alpha value is -3.74. The Balaban J connectivity index is 1.13. The topological polar surface area (TPSA) is 75.9 Å². The van der Waals surface area contributed by atoms with E-state index in [0.717, 1.165) is 66.1 Å². The summed E-state index contributed by atoms with van der Waals surface area (Å²) in [6.45, 7) is 8.65. The average Bonchev–Trinajstić information content (AvgIpc) is 3.38. The van der Waals surface area contributed by atoms with E-state index in [4.69, 9.17) is 9.97 Å². The van der Waals surface area contributed by atoms with Crippen molar-refractivity contribution in [2.24, 2.45) is 5.92 Å². The lowest BCUT2D eigenvalue weighted by Gasteiger charge is -2.31. The van der Waals surface area contributed by atoms with Gasteiger partial charge >= 0.3 is 0 Å². The van der Waals surface area contributed by atoms with Crippen LogP contribution in [0, 0.1) is 12.8 Å². The van der Waals surface area contributed by atoms with Crippen LogP contribution in [-0.4, -0.2) is 45.3 Å². The van der Waals surface area contributed by atoms with Gasteiger partial charge in [0, 0.05) is 37.1 Å². The quantitative estimate of drug-likeness (QED) is 0.409. The van der Waals surface area contributed by atoms with Crippen LogP contribution in [0.2, 0.25) is 0 Å². The van der Waals surface area contributed by atoms with E-state index in [1.165, 1.54) is 5.56 Å². The second-order valence-electron chi connectivity index (χ2n) is 9.97. The van der Waals surface area contributed by atoms with Crippen LogP contribution in [0.5, 0.6) is 0 Å². The van der Waals surface area contributed by atoms with Crippen molar-refractivity contribution in [1.82, 2.24) is 25.1 Å². The molecule has 0 unspecified atom stereocenters. The van der Waals surface area contributed by atoms with E-state index in [2.05, 4.69) is 54.3 Å². The van der Waals surface area contributed by atoms with Crippen molar-refractivity contribution in [2.45, 2.75) is 46.0 Å². The Morgan fingerprint density at radius 1 is 1.08 bits per heavy atom. The molecule has 1 saturated heterocycles. The van der Waals surface area contributed by atoms with E-state index < -0.39 is 0 Å². The van der Waals surface area contributed by atoms with Crippen LogP contribution in [0.25, 0.3) is 16.6 Å². The Bertz CT molecular complexity index is 1340. The zero-order chi connectivity index (χ0) is 25.1. The minimum absolute atomic E-state index is 0.0310. The Morgan fingerprint density at radius 3 is 2.61 bits per heavy atom. The van der Waals surface area contributed by atoms with E-state index in [1.54, 1.807) is 0 Å². The number of benzene rings is 2. The summed E-state index contributed by atoms with van der Waals surface area (Å²) in [5.41, 5.74) is 5.44. The predicted molar refractivity (Wildman–Crippen MR) is 144 cm³/mol. The van der Waals surface area contributed by atoms with Gasteiger partial charge in [-0.25, -0.2) is 14.6 Å². The SMILES string of the molecule is Cc1nc(N2CCC(C(=O)NCCc3cnn(-c4ccccc4)c3)CC2)nc2ccc(C(C)C)cc12. The summed E-state index contributed by atoms with van der Waals surface area (Å²) in [5.74, 6) is 1.42. The van der Waals surface area contributed by atoms with Crippen LogP contribution >= 0.6 is 0 Å². The number of amides is 1. The molecular formula is C29H34N6O. The Kier molecular flexibility index (Phi) is 6.98. The molecule has 1 aliphatic rings. The van der Waals surface area contributed by atoms with Crippen molar-refractivity contribution in [2.75, 3.05) is 24.5 Å². The maximum absolute atomic E-state index is 12.8. The number of carbonyl (C=O) groups excluding carboxylic acids is 1. The Labute approximate surface area is 212 Å². The first-order valence-electron chi connectivity index (χ1n) is 12.9. The monoisotopic (exact) mass is 482 g/mol. The van der Waals surface area contributed by atoms with Gasteiger partial charge in [0.05, 0.1) is 23.1 Å². The second kappa shape index (κ2) is 10.5. The minimum Gasteiger partial charge on any atom is -0.356 e. The van der Waals surface area contributed by atoms with Gasteiger partial charge in [0.2, 0.25) is 11.9 Å². The molecule has 4 aromatic rings. The number of piperidine rings is 1. The zero-order valence-electron chi connectivity index (χ0n) is 21.3. The number of aromatic nitrogens is 4. The third-order valence-corrected chi connectivity index (χ3v) is 7.08. The van der Waals surface area contributed by atoms with Crippen LogP contribution in [0.3, 0.4) is 0 Å². The summed E-state index contributed by atoms with van der Waals surface area (Å²) in [5, 5.41) is 8.68. The molecular weight excluding hydrogens is 448 g/mol. The molecule has 1 aliphatic heterocycles. The van der Waals surface area contributed by atoms with Crippen molar-refractivity contribution in [1.29, 1.82) is 0 Å². The molecule has 5 rings (SSSR count). The van der Waals surface area contributed by atoms with Crippen molar-refractivity contribution in [3.63, 3.8) is 0 Å². The van der Waals surface area contributed by atoms with Gasteiger partial charge < -0.3 is 10.2 Å². The second-order valence-corrected chi connectivity index (χ2v) is 9.97. The molecule has 0 bridgehead atoms. The molecule has 1 fully saturated rings. The van der Waals surface area contributed by atoms with Gasteiger partial charge in [-0.05, 0) is 67.5 Å². The highest BCUT2D eigenvalue weighted by Gasteiger charge is 2.26. The highest BCUT2D eigenvalue weighted by atomic mass is 16.1. The molecule has 0 saturated carbocycles. The molecule has 0 radical (unpaired) electrons. The number of nitrogens with one attached hydrogen (secondary N) is 1. The van der Waals surface area contributed by atoms with Gasteiger partial charge in [0.25, 0.3) is 0 Å². The lowest BCUT2D eigenvalue weighted by molar-refractivity contribution is -0.125. The van der Waals surface area contributed by atoms with E-state index in [-0.39, 0.29) is 11.8 Å². The third kappa shape index (κ3) is 5.25. The van der Waals surface area contributed by atoms with Gasteiger partial charge in [-0.15, -0.1) is 0 Å². The van der Waals surface area contributed by atoms with E-state index in [1.807, 2.05) is 47.4 Å². The fourth-order valence-corrected chi connectivity index (χ4v) is 4.81. The molecule has 0 atom stereocenters. The smallest absolute Gasteiger partial charge is 0.226 e. The molecule has 186 valence electrons. The van der Waals surface area contributed by atoms with Gasteiger partial charge in [-0.2, -0.15) is 5.10 Å². The number of fused-ring (bicyclic) bond motifs is 1. The fourth-order valence-electron chi connectivity index (χ4n) is 4.81. The van der Waals surface area contributed by atoms with E-state index >= 15 is 0 Å². The molecule has 3 heterocycles. The number of anilines is 1. The lowest BCUT2D eigenvalue weighted by Crippen LogP contribution is -2.41. The first-order valence-corrected chi connectivity index (χ1v) is 12.9. The lowest BCUT2D eigenvalue weighted by atomic mass is 9.96. The van der Waals surface area contributed by atoms with Crippen molar-refractivity contribution >= 4 is 22.8 Å². The summed E-state index contributed by atoms with van der Waals surface area (Å²) in [6, 6.07) is 16.5. The summed E-state index contributed by atoms with van der Waals surface area (Å²) in [7, 11) is 0. The fraction of sp³-hybridized carbons (Fsp3) is 0.379. The molecule has 7 heteroatoms. The number of hydrogen-bond donors (Lipinski definition) is 1. The molecule has 0 aliphatic carbocycles. The largest absolute Gasteiger partial charge is 0.356 e. The third-order valence-electron chi connectivity index (χ3n) is 7.08. The standard InChI is InChI=1S/C29H34N6O/c1-20(2)24-9-10-27-26(17-24)21(3)32-29(33-27)34-15-12-23(13-16-34)28(36)30-14-11-22-18-31-35(19-22)25-7-5-4-6-8-25/h4-10,17-20,23H,11-16H2,1-3H3,(H,30,36). The van der Waals surface area contributed by atoms with Gasteiger partial charge in [-0.1, -0.05) is 38.1 Å². The molecule has 2 aromatic carbocycles. The average molecular weight is 483 g/mol. The molecule has 36 heavy (non-hydrogen) atoms. The highest BCUT2D eigenvalue weighted by molar-refractivity contribution is 5.83. The normalized spacial score (nSPS) is 14.5. The molecule has 1 amide bonds. The summed E-state index contributed by atoms with van der Waals surface area (Å²) in [4.78, 5) is 24.7. The number of carbonyl (C=O) groups is 1. The van der Waals surface area contributed by atoms with Crippen LogP contribution in [0.4, 0.5) is 5.95 Å². The van der Waals surface area contributed by atoms with E-state index in [0.29, 0.717) is 12.5 Å². The van der Waals surface area contributed by atoms with Gasteiger partial charge in [0.15, 0.2) is 0 Å². The first kappa shape index (κ1) is 24.0. The number of aryl methyl sites for hydroxylation is 1. The summed E-state index contributed by atoms with van der Waals surface area (Å²) >= 11 is 0. The maximum atomic E-state index is 12.8. The number of para-hydroxylation sites is 1. The molecule has 2 aromatic heterocycles. The first-order chi connectivity index (χ1) is 17.5. The molecule has 1 N–H and O–H groups in total. The summed E-state index contributed by atoms with van der Waals surface area (Å²) < 4.78 is 1.87. The van der Waals surface area contributed by atoms with Crippen molar-refractivity contribution in [3.05, 3.63) is 77.7 Å². The number of nitrogens with zero attached hydrogens (tertiary/aromatic N) is 5. The zero-order valence-corrected chi connectivity index (χ0v) is 21.3. The minimum atomic E-state index is 0.0310.